The van der Waals surface area contributed by atoms with Crippen molar-refractivity contribution in [2.45, 2.75) is 149 Å². The Morgan fingerprint density at radius 2 is 1.23 bits per heavy atom. The fraction of sp³-hybridized carbons (Fsp3) is 0.706. The molecular formula is C34H52BrN3S2. The third kappa shape index (κ3) is 9.01. The number of rotatable bonds is 22. The highest BCUT2D eigenvalue weighted by Gasteiger charge is 2.21. The van der Waals surface area contributed by atoms with Gasteiger partial charge < -0.3 is 4.57 Å². The summed E-state index contributed by atoms with van der Waals surface area (Å²) in [5, 5.41) is 3.56. The van der Waals surface area contributed by atoms with Crippen molar-refractivity contribution in [3.63, 3.8) is 0 Å². The van der Waals surface area contributed by atoms with Crippen LogP contribution >= 0.6 is 39.0 Å². The zero-order chi connectivity index (χ0) is 28.0. The fourth-order valence-corrected chi connectivity index (χ4v) is 8.56. The molecule has 3 aromatic heterocycles. The lowest BCUT2D eigenvalue weighted by atomic mass is 9.93. The van der Waals surface area contributed by atoms with Crippen molar-refractivity contribution < 1.29 is 0 Å². The smallest absolute Gasteiger partial charge is 0.119 e. The van der Waals surface area contributed by atoms with Gasteiger partial charge in [-0.15, -0.1) is 11.3 Å². The summed E-state index contributed by atoms with van der Waals surface area (Å²) in [6.45, 7) is 5.74. The van der Waals surface area contributed by atoms with Crippen molar-refractivity contribution in [2.24, 2.45) is 5.92 Å². The van der Waals surface area contributed by atoms with Gasteiger partial charge in [0, 0.05) is 16.4 Å². The van der Waals surface area contributed by atoms with Gasteiger partial charge in [0.2, 0.25) is 0 Å². The molecule has 1 aromatic carbocycles. The summed E-state index contributed by atoms with van der Waals surface area (Å²) in [4.78, 5) is 0. The lowest BCUT2D eigenvalue weighted by molar-refractivity contribution is 0.364. The Kier molecular flexibility index (Phi) is 14.3. The van der Waals surface area contributed by atoms with Crippen LogP contribution in [0.5, 0.6) is 0 Å². The number of halogens is 1. The molecule has 40 heavy (non-hydrogen) atoms. The number of fused-ring (bicyclic) bond motifs is 5. The first-order chi connectivity index (χ1) is 19.7. The van der Waals surface area contributed by atoms with Gasteiger partial charge in [-0.25, -0.2) is 0 Å². The molecule has 0 fully saturated rings. The molecule has 1 atom stereocenters. The van der Waals surface area contributed by atoms with Crippen LogP contribution in [0, 0.1) is 5.92 Å². The minimum Gasteiger partial charge on any atom is -0.339 e. The van der Waals surface area contributed by atoms with Crippen LogP contribution in [0.1, 0.15) is 142 Å². The average Bonchev–Trinajstić information content (AvgIpc) is 3.69. The summed E-state index contributed by atoms with van der Waals surface area (Å²) in [5.41, 5.74) is 4.79. The van der Waals surface area contributed by atoms with Crippen molar-refractivity contribution in [3.05, 3.63) is 22.0 Å². The van der Waals surface area contributed by atoms with Gasteiger partial charge in [0.1, 0.15) is 11.0 Å². The van der Waals surface area contributed by atoms with Crippen LogP contribution in [0.15, 0.2) is 22.0 Å². The maximum absolute atomic E-state index is 4.73. The van der Waals surface area contributed by atoms with Crippen molar-refractivity contribution in [1.82, 2.24) is 13.3 Å². The van der Waals surface area contributed by atoms with E-state index in [4.69, 9.17) is 4.37 Å². The monoisotopic (exact) mass is 645 g/mol. The third-order valence-corrected chi connectivity index (χ3v) is 10.9. The zero-order valence-corrected chi connectivity index (χ0v) is 28.4. The number of thiophene rings is 1. The Bertz CT molecular complexity index is 1260. The van der Waals surface area contributed by atoms with Crippen LogP contribution in [0.25, 0.3) is 32.2 Å². The van der Waals surface area contributed by atoms with E-state index in [1.807, 2.05) is 11.3 Å². The third-order valence-electron chi connectivity index (χ3n) is 8.80. The number of nitrogens with zero attached hydrogens (tertiary/aromatic N) is 3. The fourth-order valence-electron chi connectivity index (χ4n) is 6.43. The van der Waals surface area contributed by atoms with Gasteiger partial charge in [0.25, 0.3) is 0 Å². The Morgan fingerprint density at radius 3 is 1.80 bits per heavy atom. The van der Waals surface area contributed by atoms with E-state index >= 15 is 0 Å². The van der Waals surface area contributed by atoms with Gasteiger partial charge in [-0.1, -0.05) is 129 Å². The molecule has 0 saturated heterocycles. The van der Waals surface area contributed by atoms with Gasteiger partial charge >= 0.3 is 0 Å². The molecule has 0 aliphatic carbocycles. The van der Waals surface area contributed by atoms with Crippen molar-refractivity contribution in [3.8, 4) is 0 Å². The number of hydrogen-bond donors (Lipinski definition) is 0. The molecule has 0 aliphatic heterocycles. The molecule has 222 valence electrons. The van der Waals surface area contributed by atoms with Gasteiger partial charge in [-0.2, -0.15) is 8.75 Å². The summed E-state index contributed by atoms with van der Waals surface area (Å²) < 4.78 is 14.4. The summed E-state index contributed by atoms with van der Waals surface area (Å²) in [7, 11) is 0. The Labute approximate surface area is 260 Å². The van der Waals surface area contributed by atoms with E-state index in [1.54, 1.807) is 0 Å². The lowest BCUT2D eigenvalue weighted by Crippen LogP contribution is -2.11. The lowest BCUT2D eigenvalue weighted by Gasteiger charge is -2.19. The van der Waals surface area contributed by atoms with Crippen LogP contribution in [0.3, 0.4) is 0 Å². The highest BCUT2D eigenvalue weighted by molar-refractivity contribution is 9.10. The minimum absolute atomic E-state index is 0.746. The van der Waals surface area contributed by atoms with Gasteiger partial charge in [0.05, 0.1) is 27.5 Å². The summed E-state index contributed by atoms with van der Waals surface area (Å²) >= 11 is 6.99. The highest BCUT2D eigenvalue weighted by atomic mass is 79.9. The molecule has 1 unspecified atom stereocenters. The zero-order valence-electron chi connectivity index (χ0n) is 25.2. The quantitative estimate of drug-likeness (QED) is 0.0796. The number of benzene rings is 1. The van der Waals surface area contributed by atoms with Gasteiger partial charge in [-0.3, -0.25) is 0 Å². The molecular weight excluding hydrogens is 594 g/mol. The maximum atomic E-state index is 4.73. The second kappa shape index (κ2) is 17.9. The molecule has 0 saturated carbocycles. The summed E-state index contributed by atoms with van der Waals surface area (Å²) in [5.74, 6) is 0.746. The maximum Gasteiger partial charge on any atom is 0.119 e. The molecule has 0 N–H and O–H groups in total. The number of unbranched alkanes of at least 4 members (excludes halogenated alkanes) is 16. The average molecular weight is 647 g/mol. The van der Waals surface area contributed by atoms with E-state index in [-0.39, 0.29) is 0 Å². The first-order valence-electron chi connectivity index (χ1n) is 16.5. The van der Waals surface area contributed by atoms with E-state index < -0.39 is 0 Å². The molecule has 0 bridgehead atoms. The van der Waals surface area contributed by atoms with Crippen LogP contribution in [0.2, 0.25) is 0 Å². The molecule has 3 nitrogen and oxygen atoms in total. The van der Waals surface area contributed by atoms with E-state index in [1.165, 1.54) is 161 Å². The van der Waals surface area contributed by atoms with Crippen LogP contribution < -0.4 is 0 Å². The molecule has 4 rings (SSSR count). The Balaban J connectivity index is 1.36. The van der Waals surface area contributed by atoms with Crippen molar-refractivity contribution in [1.29, 1.82) is 0 Å². The topological polar surface area (TPSA) is 30.7 Å². The second-order valence-corrected chi connectivity index (χ2v) is 14.4. The molecule has 3 heterocycles. The summed E-state index contributed by atoms with van der Waals surface area (Å²) in [6.07, 6.45) is 28.1. The predicted octanol–water partition coefficient (Wildman–Crippen LogP) is 13.1. The van der Waals surface area contributed by atoms with Crippen molar-refractivity contribution in [2.75, 3.05) is 0 Å². The van der Waals surface area contributed by atoms with Gasteiger partial charge in [0.15, 0.2) is 0 Å². The van der Waals surface area contributed by atoms with Gasteiger partial charge in [-0.05, 0) is 52.2 Å². The standard InChI is InChI=1S/C34H52BrN3S2/c1-3-5-7-9-11-13-14-16-18-20-22-27(21-19-17-15-12-10-8-6-4-2)26-38-29-23-24-39-34(29)31-30(38)25-28(35)32-33(31)37-40-36-32/h23-25,27H,3-22,26H2,1-2H3. The molecule has 4 aromatic rings. The second-order valence-electron chi connectivity index (χ2n) is 12.1. The first-order valence-corrected chi connectivity index (χ1v) is 18.9. The van der Waals surface area contributed by atoms with E-state index in [9.17, 15) is 0 Å². The van der Waals surface area contributed by atoms with Crippen LogP contribution in [0.4, 0.5) is 0 Å². The normalized spacial score (nSPS) is 12.9. The Hall–Kier alpha value is -0.980. The first kappa shape index (κ1) is 31.9. The van der Waals surface area contributed by atoms with Crippen molar-refractivity contribution >= 4 is 71.1 Å². The Morgan fingerprint density at radius 1 is 0.700 bits per heavy atom. The minimum atomic E-state index is 0.746. The molecule has 0 spiro atoms. The van der Waals surface area contributed by atoms with E-state index in [0.717, 1.165) is 28.0 Å². The largest absolute Gasteiger partial charge is 0.339 e. The highest BCUT2D eigenvalue weighted by Crippen LogP contribution is 2.40. The van der Waals surface area contributed by atoms with E-state index in [0.29, 0.717) is 0 Å². The van der Waals surface area contributed by atoms with Crippen LogP contribution in [-0.4, -0.2) is 13.3 Å². The van der Waals surface area contributed by atoms with E-state index in [2.05, 4.69) is 56.2 Å². The molecule has 0 radical (unpaired) electrons. The molecule has 6 heteroatoms. The SMILES string of the molecule is CCCCCCCCCCCCC(CCCCCCCCCC)Cn1c2ccsc2c2c3nsnc3c(Br)cc21. The number of hydrogen-bond acceptors (Lipinski definition) is 4. The molecule has 0 aliphatic rings. The summed E-state index contributed by atoms with van der Waals surface area (Å²) in [6, 6.07) is 4.63. The number of aromatic nitrogens is 3. The predicted molar refractivity (Wildman–Crippen MR) is 183 cm³/mol. The molecule has 0 amide bonds. The van der Waals surface area contributed by atoms with Crippen LogP contribution in [-0.2, 0) is 6.54 Å².